The predicted molar refractivity (Wildman–Crippen MR) is 81.1 cm³/mol. The van der Waals surface area contributed by atoms with E-state index in [0.717, 1.165) is 44.8 Å². The van der Waals surface area contributed by atoms with E-state index in [-0.39, 0.29) is 11.9 Å². The summed E-state index contributed by atoms with van der Waals surface area (Å²) in [4.78, 5) is 17.1. The van der Waals surface area contributed by atoms with Crippen LogP contribution in [-0.4, -0.2) is 49.6 Å². The number of amides is 1. The molecule has 1 amide bonds. The SMILES string of the molecule is Cc1cccc(C)c1N1CCC(N2CCNCC2)C1=O. The molecule has 2 saturated heterocycles. The zero-order valence-corrected chi connectivity index (χ0v) is 12.4. The molecule has 1 aromatic rings. The molecule has 2 aliphatic rings. The van der Waals surface area contributed by atoms with Gasteiger partial charge in [0.2, 0.25) is 5.91 Å². The maximum absolute atomic E-state index is 12.8. The van der Waals surface area contributed by atoms with E-state index < -0.39 is 0 Å². The lowest BCUT2D eigenvalue weighted by Crippen LogP contribution is -2.51. The Kier molecular flexibility index (Phi) is 3.76. The fraction of sp³-hybridized carbons (Fsp3) is 0.562. The summed E-state index contributed by atoms with van der Waals surface area (Å²) in [6, 6.07) is 6.32. The number of anilines is 1. The predicted octanol–water partition coefficient (Wildman–Crippen LogP) is 1.31. The van der Waals surface area contributed by atoms with Crippen LogP contribution >= 0.6 is 0 Å². The Morgan fingerprint density at radius 3 is 2.40 bits per heavy atom. The summed E-state index contributed by atoms with van der Waals surface area (Å²) in [7, 11) is 0. The van der Waals surface area contributed by atoms with Gasteiger partial charge < -0.3 is 10.2 Å². The molecule has 3 rings (SSSR count). The summed E-state index contributed by atoms with van der Waals surface area (Å²) >= 11 is 0. The fourth-order valence-electron chi connectivity index (χ4n) is 3.45. The van der Waals surface area contributed by atoms with Crippen molar-refractivity contribution in [3.05, 3.63) is 29.3 Å². The summed E-state index contributed by atoms with van der Waals surface area (Å²) in [5.74, 6) is 0.282. The molecule has 4 heteroatoms. The van der Waals surface area contributed by atoms with Gasteiger partial charge in [-0.2, -0.15) is 0 Å². The topological polar surface area (TPSA) is 35.6 Å². The molecule has 2 fully saturated rings. The van der Waals surface area contributed by atoms with Gasteiger partial charge in [0.15, 0.2) is 0 Å². The molecule has 1 unspecified atom stereocenters. The lowest BCUT2D eigenvalue weighted by atomic mass is 10.1. The number of nitrogens with one attached hydrogen (secondary N) is 1. The molecular formula is C16H23N3O. The number of para-hydroxylation sites is 1. The van der Waals surface area contributed by atoms with Gasteiger partial charge in [-0.25, -0.2) is 0 Å². The number of nitrogens with zero attached hydrogens (tertiary/aromatic N) is 2. The first-order valence-electron chi connectivity index (χ1n) is 7.51. The molecule has 0 aromatic heterocycles. The van der Waals surface area contributed by atoms with Crippen LogP contribution in [0.1, 0.15) is 17.5 Å². The molecule has 2 aliphatic heterocycles. The molecule has 4 nitrogen and oxygen atoms in total. The van der Waals surface area contributed by atoms with Gasteiger partial charge >= 0.3 is 0 Å². The number of rotatable bonds is 2. The molecule has 0 saturated carbocycles. The normalized spacial score (nSPS) is 24.4. The Labute approximate surface area is 120 Å². The molecule has 0 spiro atoms. The molecule has 20 heavy (non-hydrogen) atoms. The number of benzene rings is 1. The molecule has 0 bridgehead atoms. The molecule has 1 aromatic carbocycles. The first kappa shape index (κ1) is 13.6. The standard InChI is InChI=1S/C16H23N3O/c1-12-4-3-5-13(2)15(12)19-9-6-14(16(19)20)18-10-7-17-8-11-18/h3-5,14,17H,6-11H2,1-2H3. The van der Waals surface area contributed by atoms with Gasteiger partial charge in [0.1, 0.15) is 0 Å². The number of carbonyl (C=O) groups is 1. The van der Waals surface area contributed by atoms with Crippen LogP contribution in [0.2, 0.25) is 0 Å². The molecule has 0 aliphatic carbocycles. The Hall–Kier alpha value is -1.39. The zero-order valence-electron chi connectivity index (χ0n) is 12.4. The highest BCUT2D eigenvalue weighted by Gasteiger charge is 2.37. The Bertz CT molecular complexity index is 488. The Balaban J connectivity index is 1.81. The lowest BCUT2D eigenvalue weighted by Gasteiger charge is -2.31. The minimum absolute atomic E-state index is 0.0797. The maximum atomic E-state index is 12.8. The van der Waals surface area contributed by atoms with E-state index in [0.29, 0.717) is 0 Å². The largest absolute Gasteiger partial charge is 0.314 e. The third-order valence-electron chi connectivity index (χ3n) is 4.48. The van der Waals surface area contributed by atoms with Gasteiger partial charge in [-0.3, -0.25) is 9.69 Å². The quantitative estimate of drug-likeness (QED) is 0.882. The summed E-state index contributed by atoms with van der Waals surface area (Å²) in [5.41, 5.74) is 3.51. The van der Waals surface area contributed by atoms with Crippen LogP contribution in [0.25, 0.3) is 0 Å². The van der Waals surface area contributed by atoms with Crippen LogP contribution in [0.5, 0.6) is 0 Å². The van der Waals surface area contributed by atoms with Crippen LogP contribution in [-0.2, 0) is 4.79 Å². The third-order valence-corrected chi connectivity index (χ3v) is 4.48. The van der Waals surface area contributed by atoms with Crippen molar-refractivity contribution in [2.45, 2.75) is 26.3 Å². The summed E-state index contributed by atoms with van der Waals surface area (Å²) in [6.45, 7) is 8.98. The summed E-state index contributed by atoms with van der Waals surface area (Å²) in [6.07, 6.45) is 0.951. The molecule has 1 N–H and O–H groups in total. The van der Waals surface area contributed by atoms with Crippen LogP contribution < -0.4 is 10.2 Å². The van der Waals surface area contributed by atoms with Crippen molar-refractivity contribution >= 4 is 11.6 Å². The molecule has 108 valence electrons. The third kappa shape index (κ3) is 2.34. The van der Waals surface area contributed by atoms with E-state index in [1.807, 2.05) is 4.90 Å². The van der Waals surface area contributed by atoms with Crippen molar-refractivity contribution in [1.82, 2.24) is 10.2 Å². The Morgan fingerprint density at radius 2 is 1.75 bits per heavy atom. The maximum Gasteiger partial charge on any atom is 0.244 e. The van der Waals surface area contributed by atoms with E-state index in [9.17, 15) is 4.79 Å². The number of carbonyl (C=O) groups excluding carboxylic acids is 1. The van der Waals surface area contributed by atoms with Gasteiger partial charge in [-0.05, 0) is 31.4 Å². The van der Waals surface area contributed by atoms with Crippen molar-refractivity contribution in [2.75, 3.05) is 37.6 Å². The first-order chi connectivity index (χ1) is 9.68. The van der Waals surface area contributed by atoms with Gasteiger partial charge in [0.05, 0.1) is 6.04 Å². The second-order valence-corrected chi connectivity index (χ2v) is 5.82. The number of piperazine rings is 1. The van der Waals surface area contributed by atoms with Crippen molar-refractivity contribution in [1.29, 1.82) is 0 Å². The first-order valence-corrected chi connectivity index (χ1v) is 7.51. The molecular weight excluding hydrogens is 250 g/mol. The molecule has 1 atom stereocenters. The number of hydrogen-bond donors (Lipinski definition) is 1. The van der Waals surface area contributed by atoms with Crippen LogP contribution in [0.3, 0.4) is 0 Å². The minimum atomic E-state index is 0.0797. The van der Waals surface area contributed by atoms with E-state index in [2.05, 4.69) is 42.3 Å². The van der Waals surface area contributed by atoms with Crippen molar-refractivity contribution in [2.24, 2.45) is 0 Å². The van der Waals surface area contributed by atoms with E-state index in [4.69, 9.17) is 0 Å². The van der Waals surface area contributed by atoms with Crippen LogP contribution in [0, 0.1) is 13.8 Å². The lowest BCUT2D eigenvalue weighted by molar-refractivity contribution is -0.121. The van der Waals surface area contributed by atoms with Crippen molar-refractivity contribution in [3.63, 3.8) is 0 Å². The summed E-state index contributed by atoms with van der Waals surface area (Å²) < 4.78 is 0. The highest BCUT2D eigenvalue weighted by Crippen LogP contribution is 2.30. The average molecular weight is 273 g/mol. The fourth-order valence-corrected chi connectivity index (χ4v) is 3.45. The van der Waals surface area contributed by atoms with Crippen LogP contribution in [0.15, 0.2) is 18.2 Å². The van der Waals surface area contributed by atoms with Crippen molar-refractivity contribution < 1.29 is 4.79 Å². The van der Waals surface area contributed by atoms with Crippen LogP contribution in [0.4, 0.5) is 5.69 Å². The minimum Gasteiger partial charge on any atom is -0.314 e. The average Bonchev–Trinajstić information content (AvgIpc) is 2.82. The smallest absolute Gasteiger partial charge is 0.244 e. The van der Waals surface area contributed by atoms with E-state index in [1.54, 1.807) is 0 Å². The second kappa shape index (κ2) is 5.54. The van der Waals surface area contributed by atoms with E-state index in [1.165, 1.54) is 11.1 Å². The molecule has 2 heterocycles. The monoisotopic (exact) mass is 273 g/mol. The summed E-state index contributed by atoms with van der Waals surface area (Å²) in [5, 5.41) is 3.35. The number of aryl methyl sites for hydroxylation is 2. The van der Waals surface area contributed by atoms with Gasteiger partial charge in [0.25, 0.3) is 0 Å². The number of hydrogen-bond acceptors (Lipinski definition) is 3. The van der Waals surface area contributed by atoms with Gasteiger partial charge in [0, 0.05) is 38.4 Å². The van der Waals surface area contributed by atoms with Gasteiger partial charge in [-0.15, -0.1) is 0 Å². The second-order valence-electron chi connectivity index (χ2n) is 5.82. The Morgan fingerprint density at radius 1 is 1.10 bits per heavy atom. The van der Waals surface area contributed by atoms with Gasteiger partial charge in [-0.1, -0.05) is 18.2 Å². The zero-order chi connectivity index (χ0) is 14.1. The van der Waals surface area contributed by atoms with Crippen molar-refractivity contribution in [3.8, 4) is 0 Å². The highest BCUT2D eigenvalue weighted by molar-refractivity contribution is 6.00. The molecule has 0 radical (unpaired) electrons. The van der Waals surface area contributed by atoms with E-state index >= 15 is 0 Å². The highest BCUT2D eigenvalue weighted by atomic mass is 16.2.